The van der Waals surface area contributed by atoms with E-state index in [0.29, 0.717) is 17.8 Å². The SMILES string of the molecule is CCNc1nc(Nc2cccc(C)c2C#N)c(F)cc1F. The van der Waals surface area contributed by atoms with Crippen LogP contribution >= 0.6 is 0 Å². The molecule has 0 bridgehead atoms. The van der Waals surface area contributed by atoms with Crippen molar-refractivity contribution >= 4 is 17.3 Å². The lowest BCUT2D eigenvalue weighted by molar-refractivity contribution is 0.579. The summed E-state index contributed by atoms with van der Waals surface area (Å²) in [6.45, 7) is 4.02. The van der Waals surface area contributed by atoms with Crippen LogP contribution in [0.5, 0.6) is 0 Å². The molecule has 0 saturated carbocycles. The van der Waals surface area contributed by atoms with Gasteiger partial charge >= 0.3 is 0 Å². The fraction of sp³-hybridized carbons (Fsp3) is 0.200. The number of pyridine rings is 1. The number of hydrogen-bond acceptors (Lipinski definition) is 4. The predicted octanol–water partition coefficient (Wildman–Crippen LogP) is 3.72. The molecule has 6 heteroatoms. The molecule has 1 heterocycles. The van der Waals surface area contributed by atoms with E-state index >= 15 is 0 Å². The molecule has 2 aromatic rings. The lowest BCUT2D eigenvalue weighted by atomic mass is 10.1. The third-order valence-corrected chi connectivity index (χ3v) is 2.91. The second-order valence-corrected chi connectivity index (χ2v) is 4.41. The zero-order valence-corrected chi connectivity index (χ0v) is 11.7. The number of aromatic nitrogens is 1. The van der Waals surface area contributed by atoms with Crippen LogP contribution in [-0.2, 0) is 0 Å². The van der Waals surface area contributed by atoms with Crippen molar-refractivity contribution in [1.82, 2.24) is 4.98 Å². The van der Waals surface area contributed by atoms with Crippen molar-refractivity contribution in [2.45, 2.75) is 13.8 Å². The van der Waals surface area contributed by atoms with Crippen LogP contribution in [0.1, 0.15) is 18.1 Å². The average molecular weight is 288 g/mol. The zero-order chi connectivity index (χ0) is 15.4. The van der Waals surface area contributed by atoms with Gasteiger partial charge in [0.1, 0.15) is 6.07 Å². The summed E-state index contributed by atoms with van der Waals surface area (Å²) in [5, 5.41) is 14.6. The third-order valence-electron chi connectivity index (χ3n) is 2.91. The number of rotatable bonds is 4. The van der Waals surface area contributed by atoms with E-state index in [2.05, 4.69) is 21.7 Å². The van der Waals surface area contributed by atoms with Crippen molar-refractivity contribution < 1.29 is 8.78 Å². The van der Waals surface area contributed by atoms with Crippen LogP contribution < -0.4 is 10.6 Å². The zero-order valence-electron chi connectivity index (χ0n) is 11.7. The van der Waals surface area contributed by atoms with E-state index in [4.69, 9.17) is 5.26 Å². The molecule has 0 spiro atoms. The van der Waals surface area contributed by atoms with Gasteiger partial charge in [-0.15, -0.1) is 0 Å². The molecule has 0 aliphatic rings. The van der Waals surface area contributed by atoms with Gasteiger partial charge in [0.15, 0.2) is 23.3 Å². The van der Waals surface area contributed by atoms with Gasteiger partial charge in [0, 0.05) is 12.6 Å². The van der Waals surface area contributed by atoms with E-state index < -0.39 is 11.6 Å². The maximum absolute atomic E-state index is 13.8. The first-order valence-corrected chi connectivity index (χ1v) is 6.43. The third kappa shape index (κ3) is 3.08. The summed E-state index contributed by atoms with van der Waals surface area (Å²) in [7, 11) is 0. The Morgan fingerprint density at radius 2 is 1.95 bits per heavy atom. The molecular formula is C15H14F2N4. The fourth-order valence-electron chi connectivity index (χ4n) is 1.89. The Bertz CT molecular complexity index is 708. The highest BCUT2D eigenvalue weighted by molar-refractivity contribution is 5.67. The molecule has 21 heavy (non-hydrogen) atoms. The summed E-state index contributed by atoms with van der Waals surface area (Å²) in [4.78, 5) is 3.88. The summed E-state index contributed by atoms with van der Waals surface area (Å²) < 4.78 is 27.3. The second kappa shape index (κ2) is 6.18. The lowest BCUT2D eigenvalue weighted by Crippen LogP contribution is -2.07. The number of anilines is 3. The molecule has 0 aliphatic carbocycles. The van der Waals surface area contributed by atoms with Crippen LogP contribution in [-0.4, -0.2) is 11.5 Å². The van der Waals surface area contributed by atoms with Gasteiger partial charge in [-0.3, -0.25) is 0 Å². The fourth-order valence-corrected chi connectivity index (χ4v) is 1.89. The summed E-state index contributed by atoms with van der Waals surface area (Å²) in [5.74, 6) is -1.74. The summed E-state index contributed by atoms with van der Waals surface area (Å²) in [5.41, 5.74) is 1.59. The largest absolute Gasteiger partial charge is 0.368 e. The van der Waals surface area contributed by atoms with Gasteiger partial charge < -0.3 is 10.6 Å². The maximum Gasteiger partial charge on any atom is 0.169 e. The van der Waals surface area contributed by atoms with E-state index in [1.54, 1.807) is 32.0 Å². The molecule has 0 radical (unpaired) electrons. The van der Waals surface area contributed by atoms with E-state index in [9.17, 15) is 8.78 Å². The first kappa shape index (κ1) is 14.7. The molecule has 1 aromatic carbocycles. The number of nitriles is 1. The van der Waals surface area contributed by atoms with Crippen LogP contribution in [0.25, 0.3) is 0 Å². The van der Waals surface area contributed by atoms with E-state index in [1.165, 1.54) is 0 Å². The summed E-state index contributed by atoms with van der Waals surface area (Å²) in [6.07, 6.45) is 0. The minimum atomic E-state index is -0.820. The highest BCUT2D eigenvalue weighted by Crippen LogP contribution is 2.25. The molecule has 0 atom stereocenters. The van der Waals surface area contributed by atoms with Crippen LogP contribution in [0.3, 0.4) is 0 Å². The van der Waals surface area contributed by atoms with Crippen LogP contribution in [0.2, 0.25) is 0 Å². The Balaban J connectivity index is 2.43. The van der Waals surface area contributed by atoms with Gasteiger partial charge in [-0.2, -0.15) is 5.26 Å². The summed E-state index contributed by atoms with van der Waals surface area (Å²) >= 11 is 0. The van der Waals surface area contributed by atoms with Crippen molar-refractivity contribution in [3.8, 4) is 6.07 Å². The van der Waals surface area contributed by atoms with Gasteiger partial charge in [0.05, 0.1) is 11.3 Å². The molecule has 4 nitrogen and oxygen atoms in total. The Kier molecular flexibility index (Phi) is 4.33. The molecule has 0 saturated heterocycles. The molecule has 108 valence electrons. The number of benzene rings is 1. The summed E-state index contributed by atoms with van der Waals surface area (Å²) in [6, 6.07) is 7.97. The highest BCUT2D eigenvalue weighted by atomic mass is 19.1. The lowest BCUT2D eigenvalue weighted by Gasteiger charge is -2.12. The van der Waals surface area contributed by atoms with E-state index in [0.717, 1.165) is 11.6 Å². The standard InChI is InChI=1S/C15H14F2N4/c1-3-19-14-11(16)7-12(17)15(21-14)20-13-6-4-5-9(2)10(13)8-18/h4-7H,3H2,1-2H3,(H2,19,20,21). The van der Waals surface area contributed by atoms with Crippen LogP contribution in [0.4, 0.5) is 26.1 Å². The first-order chi connectivity index (χ1) is 10.1. The first-order valence-electron chi connectivity index (χ1n) is 6.43. The van der Waals surface area contributed by atoms with Crippen LogP contribution in [0, 0.1) is 29.9 Å². The predicted molar refractivity (Wildman–Crippen MR) is 77.5 cm³/mol. The Morgan fingerprint density at radius 3 is 2.62 bits per heavy atom. The number of halogens is 2. The average Bonchev–Trinajstić information content (AvgIpc) is 2.44. The Hall–Kier alpha value is -2.68. The quantitative estimate of drug-likeness (QED) is 0.900. The molecule has 0 aliphatic heterocycles. The van der Waals surface area contributed by atoms with E-state index in [1.807, 2.05) is 0 Å². The van der Waals surface area contributed by atoms with Crippen molar-refractivity contribution in [1.29, 1.82) is 5.26 Å². The number of nitrogens with zero attached hydrogens (tertiary/aromatic N) is 2. The monoisotopic (exact) mass is 288 g/mol. The minimum absolute atomic E-state index is 0.0347. The Morgan fingerprint density at radius 1 is 1.24 bits per heavy atom. The van der Waals surface area contributed by atoms with Crippen molar-refractivity contribution in [3.63, 3.8) is 0 Å². The van der Waals surface area contributed by atoms with Gasteiger partial charge in [0.2, 0.25) is 0 Å². The molecule has 2 rings (SSSR count). The van der Waals surface area contributed by atoms with Crippen molar-refractivity contribution in [3.05, 3.63) is 47.0 Å². The van der Waals surface area contributed by atoms with Crippen LogP contribution in [0.15, 0.2) is 24.3 Å². The minimum Gasteiger partial charge on any atom is -0.368 e. The van der Waals surface area contributed by atoms with Gasteiger partial charge in [0.25, 0.3) is 0 Å². The van der Waals surface area contributed by atoms with E-state index in [-0.39, 0.29) is 11.6 Å². The smallest absolute Gasteiger partial charge is 0.169 e. The molecule has 0 amide bonds. The normalized spacial score (nSPS) is 10.0. The van der Waals surface area contributed by atoms with Crippen molar-refractivity contribution in [2.24, 2.45) is 0 Å². The second-order valence-electron chi connectivity index (χ2n) is 4.41. The highest BCUT2D eigenvalue weighted by Gasteiger charge is 2.13. The van der Waals surface area contributed by atoms with Crippen molar-refractivity contribution in [2.75, 3.05) is 17.2 Å². The molecule has 2 N–H and O–H groups in total. The number of aryl methyl sites for hydroxylation is 1. The van der Waals surface area contributed by atoms with Gasteiger partial charge in [-0.25, -0.2) is 13.8 Å². The number of nitrogens with one attached hydrogen (secondary N) is 2. The number of hydrogen-bond donors (Lipinski definition) is 2. The topological polar surface area (TPSA) is 60.7 Å². The van der Waals surface area contributed by atoms with Gasteiger partial charge in [-0.05, 0) is 25.5 Å². The van der Waals surface area contributed by atoms with Gasteiger partial charge in [-0.1, -0.05) is 12.1 Å². The maximum atomic E-state index is 13.8. The molecule has 0 fully saturated rings. The Labute approximate surface area is 121 Å². The molecule has 1 aromatic heterocycles. The molecular weight excluding hydrogens is 274 g/mol. The molecule has 0 unspecified atom stereocenters.